The molecule has 1 aliphatic rings. The second-order valence-electron chi connectivity index (χ2n) is 5.29. The first-order valence-electron chi connectivity index (χ1n) is 6.79. The van der Waals surface area contributed by atoms with E-state index in [0.29, 0.717) is 21.8 Å². The summed E-state index contributed by atoms with van der Waals surface area (Å²) in [5.41, 5.74) is -0.989. The summed E-state index contributed by atoms with van der Waals surface area (Å²) in [5, 5.41) is 9.50. The van der Waals surface area contributed by atoms with Gasteiger partial charge in [0, 0.05) is 8.95 Å². The first kappa shape index (κ1) is 16.9. The predicted octanol–water partition coefficient (Wildman–Crippen LogP) is 4.11. The third kappa shape index (κ3) is 4.07. The van der Waals surface area contributed by atoms with Crippen LogP contribution in [0.15, 0.2) is 32.0 Å². The molecule has 4 nitrogen and oxygen atoms in total. The van der Waals surface area contributed by atoms with Crippen LogP contribution in [0.1, 0.15) is 38.5 Å². The molecule has 1 aromatic rings. The number of nitriles is 1. The number of hydrogen-bond acceptors (Lipinski definition) is 3. The summed E-state index contributed by atoms with van der Waals surface area (Å²) >= 11 is 6.54. The molecule has 0 saturated heterocycles. The van der Waals surface area contributed by atoms with Crippen molar-refractivity contribution in [2.24, 2.45) is 0 Å². The largest absolute Gasteiger partial charge is 0.243 e. The van der Waals surface area contributed by atoms with Crippen LogP contribution in [-0.2, 0) is 10.0 Å². The smallest absolute Gasteiger partial charge is 0.207 e. The minimum atomic E-state index is -3.75. The molecule has 0 unspecified atom stereocenters. The molecule has 7 heteroatoms. The predicted molar refractivity (Wildman–Crippen MR) is 88.2 cm³/mol. The number of halogens is 2. The van der Waals surface area contributed by atoms with Crippen molar-refractivity contribution >= 4 is 41.9 Å². The molecule has 1 fully saturated rings. The number of hydrogen-bond donors (Lipinski definition) is 1. The van der Waals surface area contributed by atoms with Crippen LogP contribution < -0.4 is 4.72 Å². The monoisotopic (exact) mass is 434 g/mol. The van der Waals surface area contributed by atoms with Crippen LogP contribution in [0.4, 0.5) is 0 Å². The van der Waals surface area contributed by atoms with Crippen molar-refractivity contribution in [2.45, 2.75) is 49.0 Å². The number of benzene rings is 1. The van der Waals surface area contributed by atoms with Crippen LogP contribution in [0.2, 0.25) is 0 Å². The molecule has 0 aromatic heterocycles. The molecule has 0 heterocycles. The van der Waals surface area contributed by atoms with E-state index in [1.54, 1.807) is 12.1 Å². The van der Waals surface area contributed by atoms with Crippen molar-refractivity contribution in [3.8, 4) is 6.07 Å². The molecule has 1 aliphatic carbocycles. The van der Waals surface area contributed by atoms with Crippen LogP contribution in [0.5, 0.6) is 0 Å². The third-order valence-electron chi connectivity index (χ3n) is 3.68. The van der Waals surface area contributed by atoms with Crippen LogP contribution in [0, 0.1) is 11.3 Å². The molecule has 0 atom stereocenters. The molecular weight excluding hydrogens is 420 g/mol. The van der Waals surface area contributed by atoms with Gasteiger partial charge in [-0.15, -0.1) is 0 Å². The lowest BCUT2D eigenvalue weighted by atomic mass is 9.94. The Morgan fingerprint density at radius 1 is 1.14 bits per heavy atom. The SMILES string of the molecule is N#CC1(NS(=O)(=O)c2cc(Br)ccc2Br)CCCCCC1. The normalized spacial score (nSPS) is 18.7. The lowest BCUT2D eigenvalue weighted by molar-refractivity contribution is 0.422. The van der Waals surface area contributed by atoms with E-state index < -0.39 is 15.6 Å². The van der Waals surface area contributed by atoms with E-state index >= 15 is 0 Å². The highest BCUT2D eigenvalue weighted by molar-refractivity contribution is 9.11. The Balaban J connectivity index is 2.35. The summed E-state index contributed by atoms with van der Waals surface area (Å²) in [6.45, 7) is 0. The van der Waals surface area contributed by atoms with Crippen molar-refractivity contribution in [2.75, 3.05) is 0 Å². The van der Waals surface area contributed by atoms with Gasteiger partial charge >= 0.3 is 0 Å². The molecule has 1 saturated carbocycles. The summed E-state index contributed by atoms with van der Waals surface area (Å²) in [5.74, 6) is 0. The summed E-state index contributed by atoms with van der Waals surface area (Å²) in [7, 11) is -3.75. The maximum Gasteiger partial charge on any atom is 0.243 e. The van der Waals surface area contributed by atoms with Gasteiger partial charge in [-0.05, 0) is 47.0 Å². The summed E-state index contributed by atoms with van der Waals surface area (Å²) in [6.07, 6.45) is 4.96. The summed E-state index contributed by atoms with van der Waals surface area (Å²) < 4.78 is 29.1. The average molecular weight is 436 g/mol. The molecule has 2 rings (SSSR count). The van der Waals surface area contributed by atoms with Crippen LogP contribution in [-0.4, -0.2) is 14.0 Å². The van der Waals surface area contributed by atoms with E-state index in [0.717, 1.165) is 25.7 Å². The molecule has 1 N–H and O–H groups in total. The number of nitrogens with one attached hydrogen (secondary N) is 1. The van der Waals surface area contributed by atoms with Crippen molar-refractivity contribution < 1.29 is 8.42 Å². The van der Waals surface area contributed by atoms with E-state index in [-0.39, 0.29) is 4.90 Å². The van der Waals surface area contributed by atoms with Crippen molar-refractivity contribution in [1.29, 1.82) is 5.26 Å². The van der Waals surface area contributed by atoms with E-state index in [4.69, 9.17) is 0 Å². The maximum atomic E-state index is 12.6. The Bertz CT molecular complexity index is 660. The zero-order chi connectivity index (χ0) is 15.5. The molecule has 0 spiro atoms. The number of sulfonamides is 1. The van der Waals surface area contributed by atoms with Gasteiger partial charge in [0.15, 0.2) is 0 Å². The summed E-state index contributed by atoms with van der Waals surface area (Å²) in [6, 6.07) is 7.17. The molecule has 0 bridgehead atoms. The molecule has 0 radical (unpaired) electrons. The maximum absolute atomic E-state index is 12.6. The number of rotatable bonds is 3. The Hall–Kier alpha value is -0.420. The van der Waals surface area contributed by atoms with E-state index in [1.165, 1.54) is 6.07 Å². The van der Waals surface area contributed by atoms with E-state index in [1.807, 2.05) is 0 Å². The summed E-state index contributed by atoms with van der Waals surface area (Å²) in [4.78, 5) is 0.149. The first-order chi connectivity index (χ1) is 9.88. The van der Waals surface area contributed by atoms with Gasteiger partial charge in [-0.3, -0.25) is 0 Å². The van der Waals surface area contributed by atoms with Crippen LogP contribution >= 0.6 is 31.9 Å². The van der Waals surface area contributed by atoms with Gasteiger partial charge in [0.2, 0.25) is 10.0 Å². The van der Waals surface area contributed by atoms with Gasteiger partial charge < -0.3 is 0 Å². The van der Waals surface area contributed by atoms with Crippen molar-refractivity contribution in [3.05, 3.63) is 27.1 Å². The van der Waals surface area contributed by atoms with Gasteiger partial charge in [-0.1, -0.05) is 41.6 Å². The Kier molecular flexibility index (Phi) is 5.47. The van der Waals surface area contributed by atoms with Gasteiger partial charge in [0.1, 0.15) is 5.54 Å². The van der Waals surface area contributed by atoms with Crippen molar-refractivity contribution in [3.63, 3.8) is 0 Å². The molecular formula is C14H16Br2N2O2S. The number of nitrogens with zero attached hydrogens (tertiary/aromatic N) is 1. The van der Waals surface area contributed by atoms with E-state index in [9.17, 15) is 13.7 Å². The van der Waals surface area contributed by atoms with Crippen LogP contribution in [0.3, 0.4) is 0 Å². The lowest BCUT2D eigenvalue weighted by Gasteiger charge is -2.26. The minimum Gasteiger partial charge on any atom is -0.207 e. The lowest BCUT2D eigenvalue weighted by Crippen LogP contribution is -2.46. The zero-order valence-corrected chi connectivity index (χ0v) is 15.4. The Morgan fingerprint density at radius 2 is 1.76 bits per heavy atom. The fourth-order valence-electron chi connectivity index (χ4n) is 2.56. The second-order valence-corrected chi connectivity index (χ2v) is 8.71. The van der Waals surface area contributed by atoms with E-state index in [2.05, 4.69) is 42.7 Å². The van der Waals surface area contributed by atoms with Crippen LogP contribution in [0.25, 0.3) is 0 Å². The zero-order valence-electron chi connectivity index (χ0n) is 11.4. The standard InChI is InChI=1S/C14H16Br2N2O2S/c15-11-5-6-12(16)13(9-11)21(19,20)18-14(10-17)7-3-1-2-4-8-14/h5-6,9,18H,1-4,7-8H2. The topological polar surface area (TPSA) is 70.0 Å². The molecule has 1 aromatic carbocycles. The highest BCUT2D eigenvalue weighted by Crippen LogP contribution is 2.31. The molecule has 114 valence electrons. The minimum absolute atomic E-state index is 0.149. The highest BCUT2D eigenvalue weighted by atomic mass is 79.9. The van der Waals surface area contributed by atoms with Gasteiger partial charge in [-0.25, -0.2) is 8.42 Å². The molecule has 0 aliphatic heterocycles. The van der Waals surface area contributed by atoms with Gasteiger partial charge in [-0.2, -0.15) is 9.98 Å². The molecule has 0 amide bonds. The third-order valence-corrected chi connectivity index (χ3v) is 6.71. The van der Waals surface area contributed by atoms with Gasteiger partial charge in [0.05, 0.1) is 11.0 Å². The average Bonchev–Trinajstić information content (AvgIpc) is 2.67. The van der Waals surface area contributed by atoms with Gasteiger partial charge in [0.25, 0.3) is 0 Å². The van der Waals surface area contributed by atoms with Crippen molar-refractivity contribution in [1.82, 2.24) is 4.72 Å². The second kappa shape index (κ2) is 6.78. The quantitative estimate of drug-likeness (QED) is 0.726. The Labute approximate surface area is 142 Å². The fraction of sp³-hybridized carbons (Fsp3) is 0.500. The first-order valence-corrected chi connectivity index (χ1v) is 9.86. The fourth-order valence-corrected chi connectivity index (χ4v) is 5.44. The molecule has 21 heavy (non-hydrogen) atoms. The Morgan fingerprint density at radius 3 is 2.33 bits per heavy atom. The highest BCUT2D eigenvalue weighted by Gasteiger charge is 2.36.